The Morgan fingerprint density at radius 1 is 1.24 bits per heavy atom. The average Bonchev–Trinajstić information content (AvgIpc) is 2.38. The number of carbonyl (C=O) groups excluding carboxylic acids is 1. The van der Waals surface area contributed by atoms with Gasteiger partial charge >= 0.3 is 0 Å². The van der Waals surface area contributed by atoms with Gasteiger partial charge in [0.1, 0.15) is 0 Å². The molecule has 0 aromatic carbocycles. The molecule has 0 saturated carbocycles. The van der Waals surface area contributed by atoms with Gasteiger partial charge in [-0.3, -0.25) is 9.78 Å². The fourth-order valence-electron chi connectivity index (χ4n) is 1.45. The van der Waals surface area contributed by atoms with E-state index in [-0.39, 0.29) is 17.4 Å². The van der Waals surface area contributed by atoms with Crippen molar-refractivity contribution in [1.82, 2.24) is 15.0 Å². The molecule has 0 aliphatic carbocycles. The highest BCUT2D eigenvalue weighted by atomic mass is 16.5. The molecular weight excluding hydrogens is 218 g/mol. The second-order valence-electron chi connectivity index (χ2n) is 3.49. The van der Waals surface area contributed by atoms with Gasteiger partial charge in [0.05, 0.1) is 7.11 Å². The van der Waals surface area contributed by atoms with Crippen LogP contribution in [0.5, 0.6) is 5.88 Å². The lowest BCUT2D eigenvalue weighted by Crippen LogP contribution is -2.08. The molecule has 5 heteroatoms. The Hall–Kier alpha value is -2.30. The van der Waals surface area contributed by atoms with Crippen LogP contribution in [0, 0.1) is 6.92 Å². The fraction of sp³-hybridized carbons (Fsp3) is 0.167. The zero-order valence-electron chi connectivity index (χ0n) is 9.54. The highest BCUT2D eigenvalue weighted by Gasteiger charge is 2.17. The Bertz CT molecular complexity index is 555. The normalized spacial score (nSPS) is 10.0. The van der Waals surface area contributed by atoms with Gasteiger partial charge in [0.25, 0.3) is 0 Å². The minimum atomic E-state index is -0.244. The van der Waals surface area contributed by atoms with E-state index in [4.69, 9.17) is 4.74 Å². The molecule has 17 heavy (non-hydrogen) atoms. The number of pyridine rings is 1. The minimum absolute atomic E-state index is 0.197. The van der Waals surface area contributed by atoms with E-state index < -0.39 is 0 Å². The summed E-state index contributed by atoms with van der Waals surface area (Å²) in [5.41, 5.74) is 1.59. The number of ketones is 1. The number of aromatic nitrogens is 3. The summed E-state index contributed by atoms with van der Waals surface area (Å²) in [6.07, 6.45) is 6.12. The molecule has 2 aromatic heterocycles. The molecule has 0 unspecified atom stereocenters. The maximum absolute atomic E-state index is 12.2. The Morgan fingerprint density at radius 2 is 2.00 bits per heavy atom. The number of rotatable bonds is 3. The predicted molar refractivity (Wildman–Crippen MR) is 61.0 cm³/mol. The van der Waals surface area contributed by atoms with Crippen LogP contribution in [0.3, 0.4) is 0 Å². The first kappa shape index (κ1) is 11.2. The second kappa shape index (κ2) is 4.69. The predicted octanol–water partition coefficient (Wildman–Crippen LogP) is 1.42. The molecule has 0 aliphatic rings. The van der Waals surface area contributed by atoms with E-state index >= 15 is 0 Å². The SMILES string of the molecule is COc1nccnc1C(=O)c1cncc(C)c1. The number of ether oxygens (including phenoxy) is 1. The summed E-state index contributed by atoms with van der Waals surface area (Å²) in [4.78, 5) is 24.1. The van der Waals surface area contributed by atoms with Gasteiger partial charge in [0.15, 0.2) is 5.69 Å². The minimum Gasteiger partial charge on any atom is -0.479 e. The van der Waals surface area contributed by atoms with E-state index in [0.29, 0.717) is 5.56 Å². The van der Waals surface area contributed by atoms with Gasteiger partial charge in [0, 0.05) is 30.4 Å². The van der Waals surface area contributed by atoms with Crippen molar-refractivity contribution >= 4 is 5.78 Å². The summed E-state index contributed by atoms with van der Waals surface area (Å²) >= 11 is 0. The standard InChI is InChI=1S/C12H11N3O2/c1-8-5-9(7-13-6-8)11(16)10-12(17-2)15-4-3-14-10/h3-7H,1-2H3. The van der Waals surface area contributed by atoms with Crippen LogP contribution in [-0.2, 0) is 0 Å². The quantitative estimate of drug-likeness (QED) is 0.745. The van der Waals surface area contributed by atoms with E-state index in [1.54, 1.807) is 12.3 Å². The first-order valence-electron chi connectivity index (χ1n) is 5.03. The number of hydrogen-bond acceptors (Lipinski definition) is 5. The summed E-state index contributed by atoms with van der Waals surface area (Å²) < 4.78 is 5.00. The van der Waals surface area contributed by atoms with Crippen molar-refractivity contribution in [3.63, 3.8) is 0 Å². The van der Waals surface area contributed by atoms with Gasteiger partial charge < -0.3 is 4.74 Å². The summed E-state index contributed by atoms with van der Waals surface area (Å²) in [6, 6.07) is 1.75. The van der Waals surface area contributed by atoms with Crippen LogP contribution in [0.25, 0.3) is 0 Å². The monoisotopic (exact) mass is 229 g/mol. The molecule has 0 aliphatic heterocycles. The number of carbonyl (C=O) groups is 1. The third kappa shape index (κ3) is 2.28. The lowest BCUT2D eigenvalue weighted by molar-refractivity contribution is 0.103. The Kier molecular flexibility index (Phi) is 3.09. The third-order valence-electron chi connectivity index (χ3n) is 2.21. The highest BCUT2D eigenvalue weighted by molar-refractivity contribution is 6.08. The number of aryl methyl sites for hydroxylation is 1. The lowest BCUT2D eigenvalue weighted by Gasteiger charge is -2.04. The summed E-state index contributed by atoms with van der Waals surface area (Å²) in [5, 5.41) is 0. The van der Waals surface area contributed by atoms with Gasteiger partial charge in [-0.15, -0.1) is 0 Å². The first-order valence-corrected chi connectivity index (χ1v) is 5.03. The molecule has 2 rings (SSSR count). The summed E-state index contributed by atoms with van der Waals surface area (Å²) in [6.45, 7) is 1.87. The molecule has 0 N–H and O–H groups in total. The third-order valence-corrected chi connectivity index (χ3v) is 2.21. The van der Waals surface area contributed by atoms with Gasteiger partial charge in [-0.1, -0.05) is 0 Å². The lowest BCUT2D eigenvalue weighted by atomic mass is 10.1. The summed E-state index contributed by atoms with van der Waals surface area (Å²) in [5.74, 6) is -0.0230. The molecule has 0 amide bonds. The molecule has 2 heterocycles. The van der Waals surface area contributed by atoms with Crippen molar-refractivity contribution in [1.29, 1.82) is 0 Å². The second-order valence-corrected chi connectivity index (χ2v) is 3.49. The van der Waals surface area contributed by atoms with Crippen molar-refractivity contribution in [2.75, 3.05) is 7.11 Å². The maximum atomic E-state index is 12.2. The zero-order chi connectivity index (χ0) is 12.3. The molecule has 0 fully saturated rings. The topological polar surface area (TPSA) is 65.0 Å². The summed E-state index contributed by atoms with van der Waals surface area (Å²) in [7, 11) is 1.45. The zero-order valence-corrected chi connectivity index (χ0v) is 9.54. The van der Waals surface area contributed by atoms with Crippen LogP contribution in [0.2, 0.25) is 0 Å². The molecule has 0 bridgehead atoms. The van der Waals surface area contributed by atoms with Gasteiger partial charge in [0.2, 0.25) is 11.7 Å². The molecule has 0 spiro atoms. The largest absolute Gasteiger partial charge is 0.479 e. The van der Waals surface area contributed by atoms with Gasteiger partial charge in [-0.25, -0.2) is 9.97 Å². The fourth-order valence-corrected chi connectivity index (χ4v) is 1.45. The molecule has 0 saturated heterocycles. The van der Waals surface area contributed by atoms with Crippen LogP contribution >= 0.6 is 0 Å². The van der Waals surface area contributed by atoms with Crippen LogP contribution in [0.15, 0.2) is 30.9 Å². The Balaban J connectivity index is 2.44. The molecule has 86 valence electrons. The Labute approximate surface area is 98.5 Å². The molecule has 5 nitrogen and oxygen atoms in total. The van der Waals surface area contributed by atoms with Crippen LogP contribution in [0.4, 0.5) is 0 Å². The smallest absolute Gasteiger partial charge is 0.243 e. The van der Waals surface area contributed by atoms with Crippen LogP contribution in [0.1, 0.15) is 21.6 Å². The van der Waals surface area contributed by atoms with Crippen LogP contribution < -0.4 is 4.74 Å². The van der Waals surface area contributed by atoms with Gasteiger partial charge in [-0.2, -0.15) is 0 Å². The van der Waals surface area contributed by atoms with Crippen LogP contribution in [-0.4, -0.2) is 27.8 Å². The van der Waals surface area contributed by atoms with Crippen molar-refractivity contribution < 1.29 is 9.53 Å². The average molecular weight is 229 g/mol. The number of nitrogens with zero attached hydrogens (tertiary/aromatic N) is 3. The van der Waals surface area contributed by atoms with E-state index in [0.717, 1.165) is 5.56 Å². The maximum Gasteiger partial charge on any atom is 0.243 e. The molecule has 0 atom stereocenters. The Morgan fingerprint density at radius 3 is 2.71 bits per heavy atom. The first-order chi connectivity index (χ1) is 8.22. The molecule has 2 aromatic rings. The van der Waals surface area contributed by atoms with Crippen molar-refractivity contribution in [2.45, 2.75) is 6.92 Å². The molecule has 0 radical (unpaired) electrons. The van der Waals surface area contributed by atoms with E-state index in [1.807, 2.05) is 6.92 Å². The number of hydrogen-bond donors (Lipinski definition) is 0. The van der Waals surface area contributed by atoms with Crippen molar-refractivity contribution in [3.8, 4) is 5.88 Å². The van der Waals surface area contributed by atoms with Crippen molar-refractivity contribution in [2.24, 2.45) is 0 Å². The van der Waals surface area contributed by atoms with Crippen molar-refractivity contribution in [3.05, 3.63) is 47.7 Å². The van der Waals surface area contributed by atoms with E-state index in [1.165, 1.54) is 25.7 Å². The number of methoxy groups -OCH3 is 1. The highest BCUT2D eigenvalue weighted by Crippen LogP contribution is 2.15. The molecular formula is C12H11N3O2. The van der Waals surface area contributed by atoms with E-state index in [2.05, 4.69) is 15.0 Å². The van der Waals surface area contributed by atoms with E-state index in [9.17, 15) is 4.79 Å². The van der Waals surface area contributed by atoms with Gasteiger partial charge in [-0.05, 0) is 18.6 Å².